The van der Waals surface area contributed by atoms with Gasteiger partial charge in [0.15, 0.2) is 0 Å². The van der Waals surface area contributed by atoms with Crippen molar-refractivity contribution in [3.63, 3.8) is 0 Å². The summed E-state index contributed by atoms with van der Waals surface area (Å²) in [6.45, 7) is 6.85. The van der Waals surface area contributed by atoms with Gasteiger partial charge < -0.3 is 19.3 Å². The summed E-state index contributed by atoms with van der Waals surface area (Å²) in [5, 5.41) is 2.01. The predicted molar refractivity (Wildman–Crippen MR) is 150 cm³/mol. The van der Waals surface area contributed by atoms with E-state index in [0.717, 1.165) is 40.4 Å². The summed E-state index contributed by atoms with van der Waals surface area (Å²) < 4.78 is 24.2. The van der Waals surface area contributed by atoms with Crippen molar-refractivity contribution in [3.05, 3.63) is 87.4 Å². The second-order valence-corrected chi connectivity index (χ2v) is 10.7. The van der Waals surface area contributed by atoms with Crippen LogP contribution in [0.4, 0.5) is 4.39 Å². The van der Waals surface area contributed by atoms with Gasteiger partial charge in [0.05, 0.1) is 39.8 Å². The number of ether oxygens (including phenoxy) is 2. The minimum atomic E-state index is -0.316. The van der Waals surface area contributed by atoms with Crippen molar-refractivity contribution in [1.29, 1.82) is 0 Å². The smallest absolute Gasteiger partial charge is 0.242 e. The summed E-state index contributed by atoms with van der Waals surface area (Å²) in [4.78, 5) is 34.0. The highest BCUT2D eigenvalue weighted by atomic mass is 32.1. The monoisotopic (exact) mass is 553 g/mol. The molecule has 0 spiro atoms. The number of aryl methyl sites for hydroxylation is 1. The fourth-order valence-corrected chi connectivity index (χ4v) is 5.37. The van der Waals surface area contributed by atoms with Crippen molar-refractivity contribution in [2.75, 3.05) is 53.0 Å². The first-order chi connectivity index (χ1) is 18.9. The van der Waals surface area contributed by atoms with Crippen LogP contribution in [0.2, 0.25) is 0 Å². The Hall–Kier alpha value is -3.27. The zero-order valence-electron chi connectivity index (χ0n) is 22.6. The molecular formula is C30H36FN3O4S. The van der Waals surface area contributed by atoms with Crippen molar-refractivity contribution < 1.29 is 23.5 Å². The minimum Gasteiger partial charge on any atom is -0.497 e. The molecule has 208 valence electrons. The van der Waals surface area contributed by atoms with Crippen LogP contribution in [-0.2, 0) is 33.8 Å². The first-order valence-electron chi connectivity index (χ1n) is 13.2. The minimum absolute atomic E-state index is 0.0229. The molecular weight excluding hydrogens is 517 g/mol. The van der Waals surface area contributed by atoms with Crippen LogP contribution in [-0.4, -0.2) is 79.6 Å². The first-order valence-corrected chi connectivity index (χ1v) is 14.0. The standard InChI is InChI=1S/C30H36FN3O4S/c1-23-11-18-39-28(23)21-34(20-25-3-7-26(31)8-4-25)30(36)22-33(13-12-32-14-16-38-17-15-32)29(35)19-24-5-9-27(37-2)10-6-24/h3-11,18H,12-17,19-22H2,1-2H3. The lowest BCUT2D eigenvalue weighted by Gasteiger charge is -2.31. The molecule has 1 fully saturated rings. The van der Waals surface area contributed by atoms with E-state index < -0.39 is 0 Å². The lowest BCUT2D eigenvalue weighted by Crippen LogP contribution is -2.47. The number of rotatable bonds is 12. The fourth-order valence-electron chi connectivity index (χ4n) is 4.45. The molecule has 0 bridgehead atoms. The van der Waals surface area contributed by atoms with E-state index >= 15 is 0 Å². The Kier molecular flexibility index (Phi) is 10.5. The second kappa shape index (κ2) is 14.2. The number of carbonyl (C=O) groups is 2. The van der Waals surface area contributed by atoms with Crippen LogP contribution in [0.1, 0.15) is 21.6 Å². The van der Waals surface area contributed by atoms with Gasteiger partial charge in [0.25, 0.3) is 0 Å². The number of carbonyl (C=O) groups excluding carboxylic acids is 2. The molecule has 1 aliphatic rings. The molecule has 1 saturated heterocycles. The van der Waals surface area contributed by atoms with E-state index in [-0.39, 0.29) is 30.6 Å². The van der Waals surface area contributed by atoms with E-state index in [9.17, 15) is 14.0 Å². The second-order valence-electron chi connectivity index (χ2n) is 9.70. The third kappa shape index (κ3) is 8.61. The highest BCUT2D eigenvalue weighted by molar-refractivity contribution is 7.10. The normalized spacial score (nSPS) is 13.7. The Morgan fingerprint density at radius 2 is 1.64 bits per heavy atom. The van der Waals surface area contributed by atoms with Gasteiger partial charge in [-0.2, -0.15) is 0 Å². The van der Waals surface area contributed by atoms with Crippen LogP contribution in [0.5, 0.6) is 5.75 Å². The number of hydrogen-bond acceptors (Lipinski definition) is 6. The molecule has 0 N–H and O–H groups in total. The van der Waals surface area contributed by atoms with E-state index in [0.29, 0.717) is 39.4 Å². The van der Waals surface area contributed by atoms with Crippen LogP contribution >= 0.6 is 11.3 Å². The molecule has 4 rings (SSSR count). The first kappa shape index (κ1) is 28.7. The summed E-state index contributed by atoms with van der Waals surface area (Å²) in [5.41, 5.74) is 2.82. The molecule has 3 aromatic rings. The fraction of sp³-hybridized carbons (Fsp3) is 0.400. The number of methoxy groups -OCH3 is 1. The molecule has 2 amide bonds. The van der Waals surface area contributed by atoms with E-state index in [1.54, 1.807) is 40.4 Å². The van der Waals surface area contributed by atoms with Gasteiger partial charge >= 0.3 is 0 Å². The maximum absolute atomic E-state index is 13.8. The van der Waals surface area contributed by atoms with Crippen LogP contribution in [0.3, 0.4) is 0 Å². The average Bonchev–Trinajstić information content (AvgIpc) is 3.36. The third-order valence-corrected chi connectivity index (χ3v) is 7.93. The number of benzene rings is 2. The lowest BCUT2D eigenvalue weighted by molar-refractivity contribution is -0.141. The predicted octanol–water partition coefficient (Wildman–Crippen LogP) is 4.14. The molecule has 0 aliphatic carbocycles. The summed E-state index contributed by atoms with van der Waals surface area (Å²) in [7, 11) is 1.61. The van der Waals surface area contributed by atoms with Gasteiger partial charge in [0, 0.05) is 37.6 Å². The third-order valence-electron chi connectivity index (χ3n) is 6.93. The van der Waals surface area contributed by atoms with Crippen LogP contribution < -0.4 is 4.74 Å². The van der Waals surface area contributed by atoms with Crippen LogP contribution in [0.25, 0.3) is 0 Å². The Bertz CT molecular complexity index is 1210. The Morgan fingerprint density at radius 1 is 0.949 bits per heavy atom. The van der Waals surface area contributed by atoms with Crippen LogP contribution in [0.15, 0.2) is 60.0 Å². The van der Waals surface area contributed by atoms with Gasteiger partial charge in [0.2, 0.25) is 11.8 Å². The van der Waals surface area contributed by atoms with Gasteiger partial charge in [-0.05, 0) is 59.3 Å². The van der Waals surface area contributed by atoms with Crippen molar-refractivity contribution >= 4 is 23.2 Å². The lowest BCUT2D eigenvalue weighted by atomic mass is 10.1. The Morgan fingerprint density at radius 3 is 2.28 bits per heavy atom. The molecule has 39 heavy (non-hydrogen) atoms. The Balaban J connectivity index is 1.50. The van der Waals surface area contributed by atoms with E-state index in [1.807, 2.05) is 42.6 Å². The molecule has 2 aromatic carbocycles. The van der Waals surface area contributed by atoms with Gasteiger partial charge in [-0.15, -0.1) is 11.3 Å². The largest absolute Gasteiger partial charge is 0.497 e. The zero-order valence-corrected chi connectivity index (χ0v) is 23.4. The van der Waals surface area contributed by atoms with Crippen molar-refractivity contribution in [1.82, 2.24) is 14.7 Å². The van der Waals surface area contributed by atoms with E-state index in [1.165, 1.54) is 12.1 Å². The van der Waals surface area contributed by atoms with E-state index in [4.69, 9.17) is 9.47 Å². The topological polar surface area (TPSA) is 62.3 Å². The average molecular weight is 554 g/mol. The van der Waals surface area contributed by atoms with Crippen molar-refractivity contribution in [2.24, 2.45) is 0 Å². The molecule has 0 unspecified atom stereocenters. The number of hydrogen-bond donors (Lipinski definition) is 0. The van der Waals surface area contributed by atoms with Crippen molar-refractivity contribution in [3.8, 4) is 5.75 Å². The molecule has 7 nitrogen and oxygen atoms in total. The summed E-state index contributed by atoms with van der Waals surface area (Å²) >= 11 is 1.60. The summed E-state index contributed by atoms with van der Waals surface area (Å²) in [5.74, 6) is 0.169. The van der Waals surface area contributed by atoms with Gasteiger partial charge in [-0.25, -0.2) is 4.39 Å². The molecule has 0 radical (unpaired) electrons. The molecule has 1 aliphatic heterocycles. The molecule has 1 aromatic heterocycles. The maximum Gasteiger partial charge on any atom is 0.242 e. The molecule has 0 atom stereocenters. The number of morpholine rings is 1. The highest BCUT2D eigenvalue weighted by Crippen LogP contribution is 2.20. The van der Waals surface area contributed by atoms with Gasteiger partial charge in [-0.3, -0.25) is 14.5 Å². The Labute approximate surface area is 233 Å². The van der Waals surface area contributed by atoms with E-state index in [2.05, 4.69) is 4.90 Å². The SMILES string of the molecule is COc1ccc(CC(=O)N(CCN2CCOCC2)CC(=O)N(Cc2ccc(F)cc2)Cc2sccc2C)cc1. The van der Waals surface area contributed by atoms with Crippen molar-refractivity contribution in [2.45, 2.75) is 26.4 Å². The van der Waals surface area contributed by atoms with Gasteiger partial charge in [-0.1, -0.05) is 24.3 Å². The number of halogens is 1. The number of thiophene rings is 1. The number of nitrogens with zero attached hydrogens (tertiary/aromatic N) is 3. The highest BCUT2D eigenvalue weighted by Gasteiger charge is 2.24. The quantitative estimate of drug-likeness (QED) is 0.338. The summed E-state index contributed by atoms with van der Waals surface area (Å²) in [6, 6.07) is 15.7. The van der Waals surface area contributed by atoms with Gasteiger partial charge in [0.1, 0.15) is 11.6 Å². The maximum atomic E-state index is 13.8. The molecule has 2 heterocycles. The zero-order chi connectivity index (χ0) is 27.6. The van der Waals surface area contributed by atoms with Crippen LogP contribution in [0, 0.1) is 12.7 Å². The number of amides is 2. The molecule has 9 heteroatoms. The molecule has 0 saturated carbocycles. The summed E-state index contributed by atoms with van der Waals surface area (Å²) in [6.07, 6.45) is 0.197.